The zero-order chi connectivity index (χ0) is 18.6. The van der Waals surface area contributed by atoms with Gasteiger partial charge in [0.1, 0.15) is 18.2 Å². The summed E-state index contributed by atoms with van der Waals surface area (Å²) in [6.07, 6.45) is 4.04. The van der Waals surface area contributed by atoms with E-state index in [4.69, 9.17) is 39.5 Å². The Morgan fingerprint density at radius 3 is 2.04 bits per heavy atom. The number of amides is 1. The number of unbranched alkanes of at least 4 members (excludes halogenated alkanes) is 1. The van der Waals surface area contributed by atoms with Crippen molar-refractivity contribution in [3.8, 4) is 0 Å². The van der Waals surface area contributed by atoms with Gasteiger partial charge in [-0.25, -0.2) is 4.79 Å². The highest BCUT2D eigenvalue weighted by Crippen LogP contribution is 2.25. The van der Waals surface area contributed by atoms with Gasteiger partial charge in [0.05, 0.1) is 0 Å². The van der Waals surface area contributed by atoms with E-state index in [0.29, 0.717) is 38.5 Å². The van der Waals surface area contributed by atoms with E-state index >= 15 is 0 Å². The van der Waals surface area contributed by atoms with Gasteiger partial charge in [0, 0.05) is 31.7 Å². The number of ether oxygens (including phenoxy) is 1. The molecule has 24 heavy (non-hydrogen) atoms. The number of hydrogen-bond donors (Lipinski definition) is 1. The van der Waals surface area contributed by atoms with E-state index in [2.05, 4.69) is 5.32 Å². The Bertz CT molecular complexity index is 411. The van der Waals surface area contributed by atoms with Crippen LogP contribution in [0.25, 0.3) is 0 Å². The normalized spacial score (nSPS) is 12.5. The number of ketones is 2. The van der Waals surface area contributed by atoms with Gasteiger partial charge in [0.15, 0.2) is 0 Å². The molecule has 0 heterocycles. The first-order chi connectivity index (χ1) is 11.1. The van der Waals surface area contributed by atoms with Gasteiger partial charge in [-0.05, 0) is 26.2 Å². The van der Waals surface area contributed by atoms with Crippen molar-refractivity contribution in [3.63, 3.8) is 0 Å². The summed E-state index contributed by atoms with van der Waals surface area (Å²) >= 11 is 16.4. The molecule has 140 valence electrons. The lowest BCUT2D eigenvalue weighted by molar-refractivity contribution is -0.124. The second-order valence-corrected chi connectivity index (χ2v) is 8.33. The molecule has 1 atom stereocenters. The maximum absolute atomic E-state index is 11.7. The van der Waals surface area contributed by atoms with E-state index in [-0.39, 0.29) is 24.2 Å². The monoisotopic (exact) mass is 401 g/mol. The molecule has 0 aliphatic rings. The first-order valence-corrected chi connectivity index (χ1v) is 9.31. The lowest BCUT2D eigenvalue weighted by atomic mass is 10.0. The second-order valence-electron chi connectivity index (χ2n) is 5.81. The summed E-state index contributed by atoms with van der Waals surface area (Å²) in [5.41, 5.74) is 0. The van der Waals surface area contributed by atoms with E-state index in [1.54, 1.807) is 6.92 Å². The number of hydrogen-bond acceptors (Lipinski definition) is 4. The molecule has 0 bridgehead atoms. The minimum absolute atomic E-state index is 0.0748. The molecule has 0 aromatic heterocycles. The summed E-state index contributed by atoms with van der Waals surface area (Å²) in [6, 6.07) is -0.160. The van der Waals surface area contributed by atoms with Gasteiger partial charge in [-0.15, -0.1) is 0 Å². The van der Waals surface area contributed by atoms with Crippen molar-refractivity contribution in [2.24, 2.45) is 0 Å². The smallest absolute Gasteiger partial charge is 0.407 e. The summed E-state index contributed by atoms with van der Waals surface area (Å²) in [6.45, 7) is 3.50. The summed E-state index contributed by atoms with van der Waals surface area (Å²) in [5.74, 6) is 0.225. The highest BCUT2D eigenvalue weighted by Gasteiger charge is 2.22. The van der Waals surface area contributed by atoms with Gasteiger partial charge in [-0.1, -0.05) is 48.1 Å². The van der Waals surface area contributed by atoms with Crippen molar-refractivity contribution < 1.29 is 19.1 Å². The van der Waals surface area contributed by atoms with E-state index in [1.807, 2.05) is 6.92 Å². The molecular weight excluding hydrogens is 377 g/mol. The SMILES string of the molecule is CCCCC(=O)CCC(=O)CCCC(C)NC(=O)OCC(Cl)(Cl)Cl. The number of nitrogens with one attached hydrogen (secondary N) is 1. The summed E-state index contributed by atoms with van der Waals surface area (Å²) in [7, 11) is 0. The Balaban J connectivity index is 3.76. The Kier molecular flexibility index (Phi) is 12.5. The minimum atomic E-state index is -1.64. The van der Waals surface area contributed by atoms with Crippen molar-refractivity contribution in [2.75, 3.05) is 6.61 Å². The van der Waals surface area contributed by atoms with Crippen LogP contribution < -0.4 is 5.32 Å². The average Bonchev–Trinajstić information content (AvgIpc) is 2.48. The predicted octanol–water partition coefficient (Wildman–Crippen LogP) is 4.75. The molecule has 0 aromatic carbocycles. The lowest BCUT2D eigenvalue weighted by Crippen LogP contribution is -2.34. The second kappa shape index (κ2) is 12.8. The summed E-state index contributed by atoms with van der Waals surface area (Å²) < 4.78 is 3.11. The van der Waals surface area contributed by atoms with Gasteiger partial charge in [0.2, 0.25) is 3.79 Å². The third-order valence-electron chi connectivity index (χ3n) is 3.32. The molecule has 0 aliphatic heterocycles. The molecule has 0 rings (SSSR count). The van der Waals surface area contributed by atoms with E-state index < -0.39 is 9.89 Å². The van der Waals surface area contributed by atoms with Gasteiger partial charge in [0.25, 0.3) is 0 Å². The van der Waals surface area contributed by atoms with Crippen LogP contribution in [0.5, 0.6) is 0 Å². The van der Waals surface area contributed by atoms with Crippen molar-refractivity contribution in [1.29, 1.82) is 0 Å². The molecule has 5 nitrogen and oxygen atoms in total. The van der Waals surface area contributed by atoms with E-state index in [0.717, 1.165) is 12.8 Å². The van der Waals surface area contributed by atoms with Crippen LogP contribution in [0.1, 0.15) is 65.2 Å². The van der Waals surface area contributed by atoms with Crippen LogP contribution in [0.15, 0.2) is 0 Å². The van der Waals surface area contributed by atoms with Crippen LogP contribution in [-0.2, 0) is 14.3 Å². The van der Waals surface area contributed by atoms with Crippen molar-refractivity contribution in [2.45, 2.75) is 75.0 Å². The van der Waals surface area contributed by atoms with Gasteiger partial charge >= 0.3 is 6.09 Å². The number of alkyl carbamates (subject to hydrolysis) is 1. The average molecular weight is 403 g/mol. The molecule has 0 saturated heterocycles. The molecule has 1 N–H and O–H groups in total. The third-order valence-corrected chi connectivity index (χ3v) is 3.64. The van der Waals surface area contributed by atoms with Crippen LogP contribution >= 0.6 is 34.8 Å². The molecule has 0 spiro atoms. The highest BCUT2D eigenvalue weighted by atomic mass is 35.6. The van der Waals surface area contributed by atoms with Gasteiger partial charge in [-0.2, -0.15) is 0 Å². The van der Waals surface area contributed by atoms with Crippen LogP contribution in [0, 0.1) is 0 Å². The molecule has 1 unspecified atom stereocenters. The fraction of sp³-hybridized carbons (Fsp3) is 0.812. The molecule has 8 heteroatoms. The van der Waals surface area contributed by atoms with Crippen molar-refractivity contribution in [1.82, 2.24) is 5.32 Å². The molecule has 1 amide bonds. The third kappa shape index (κ3) is 15.0. The molecule has 0 saturated carbocycles. The predicted molar refractivity (Wildman–Crippen MR) is 96.9 cm³/mol. The summed E-state index contributed by atoms with van der Waals surface area (Å²) in [4.78, 5) is 34.7. The van der Waals surface area contributed by atoms with E-state index in [9.17, 15) is 14.4 Å². The van der Waals surface area contributed by atoms with Crippen LogP contribution in [0.2, 0.25) is 0 Å². The maximum atomic E-state index is 11.7. The molecule has 0 radical (unpaired) electrons. The minimum Gasteiger partial charge on any atom is -0.445 e. The zero-order valence-electron chi connectivity index (χ0n) is 14.2. The van der Waals surface area contributed by atoms with Gasteiger partial charge in [-0.3, -0.25) is 9.59 Å². The standard InChI is InChI=1S/C16H26Cl3NO4/c1-3-4-7-13(21)9-10-14(22)8-5-6-12(2)20-15(23)24-11-16(17,18)19/h12H,3-11H2,1-2H3,(H,20,23). The molecule has 0 aromatic rings. The fourth-order valence-corrected chi connectivity index (χ4v) is 2.13. The molecular formula is C16H26Cl3NO4. The van der Waals surface area contributed by atoms with Crippen LogP contribution in [-0.4, -0.2) is 34.1 Å². The highest BCUT2D eigenvalue weighted by molar-refractivity contribution is 6.67. The number of Topliss-reactive ketones (excluding diaryl/α,β-unsaturated/α-hetero) is 2. The topological polar surface area (TPSA) is 72.5 Å². The van der Waals surface area contributed by atoms with E-state index in [1.165, 1.54) is 0 Å². The maximum Gasteiger partial charge on any atom is 0.407 e. The zero-order valence-corrected chi connectivity index (χ0v) is 16.5. The lowest BCUT2D eigenvalue weighted by Gasteiger charge is -2.16. The van der Waals surface area contributed by atoms with Crippen molar-refractivity contribution in [3.05, 3.63) is 0 Å². The van der Waals surface area contributed by atoms with Crippen molar-refractivity contribution >= 4 is 52.5 Å². The molecule has 0 fully saturated rings. The number of halogens is 3. The number of rotatable bonds is 12. The largest absolute Gasteiger partial charge is 0.445 e. The quantitative estimate of drug-likeness (QED) is 0.478. The first kappa shape index (κ1) is 23.5. The number of carbonyl (C=O) groups excluding carboxylic acids is 3. The number of alkyl halides is 3. The number of carbonyl (C=O) groups is 3. The van der Waals surface area contributed by atoms with Crippen LogP contribution in [0.3, 0.4) is 0 Å². The Hall–Kier alpha value is -0.520. The Morgan fingerprint density at radius 2 is 1.54 bits per heavy atom. The fourth-order valence-electron chi connectivity index (χ4n) is 1.97. The Labute approximate surface area is 158 Å². The van der Waals surface area contributed by atoms with Gasteiger partial charge < -0.3 is 10.1 Å². The summed E-state index contributed by atoms with van der Waals surface area (Å²) in [5, 5.41) is 2.60. The first-order valence-electron chi connectivity index (χ1n) is 8.17. The molecule has 0 aliphatic carbocycles. The Morgan fingerprint density at radius 1 is 1.00 bits per heavy atom. The van der Waals surface area contributed by atoms with Crippen LogP contribution in [0.4, 0.5) is 4.79 Å².